The molecule has 1 unspecified atom stereocenters. The quantitative estimate of drug-likeness (QED) is 0.626. The first-order valence-corrected chi connectivity index (χ1v) is 5.17. The zero-order valence-electron chi connectivity index (χ0n) is 6.79. The van der Waals surface area contributed by atoms with Gasteiger partial charge in [-0.15, -0.1) is 6.42 Å². The molecule has 1 atom stereocenters. The molecule has 0 spiro atoms. The topological polar surface area (TPSA) is 46.2 Å². The molecule has 64 valence electrons. The maximum Gasteiger partial charge on any atom is 0.212 e. The van der Waals surface area contributed by atoms with E-state index < -0.39 is 10.0 Å². The van der Waals surface area contributed by atoms with Gasteiger partial charge in [-0.3, -0.25) is 0 Å². The van der Waals surface area contributed by atoms with Crippen LogP contribution in [0.3, 0.4) is 0 Å². The highest BCUT2D eigenvalue weighted by atomic mass is 32.2. The summed E-state index contributed by atoms with van der Waals surface area (Å²) in [4.78, 5) is 0. The lowest BCUT2D eigenvalue weighted by atomic mass is 10.3. The summed E-state index contributed by atoms with van der Waals surface area (Å²) in [6.07, 6.45) is 5.69. The number of terminal acetylenes is 1. The van der Waals surface area contributed by atoms with Gasteiger partial charge in [0.1, 0.15) is 0 Å². The average molecular weight is 175 g/mol. The van der Waals surface area contributed by atoms with Crippen molar-refractivity contribution in [2.75, 3.05) is 5.75 Å². The van der Waals surface area contributed by atoms with Gasteiger partial charge < -0.3 is 0 Å². The van der Waals surface area contributed by atoms with E-state index in [1.54, 1.807) is 6.92 Å². The fourth-order valence-corrected chi connectivity index (χ4v) is 1.37. The molecular formula is C7H13NO2S. The highest BCUT2D eigenvalue weighted by molar-refractivity contribution is 7.89. The SMILES string of the molecule is C#CC(CC)NS(=O)(=O)CC. The van der Waals surface area contributed by atoms with Crippen LogP contribution in [0.15, 0.2) is 0 Å². The number of hydrogen-bond donors (Lipinski definition) is 1. The lowest BCUT2D eigenvalue weighted by Gasteiger charge is -2.08. The second kappa shape index (κ2) is 4.37. The minimum absolute atomic E-state index is 0.0746. The van der Waals surface area contributed by atoms with Gasteiger partial charge in [-0.2, -0.15) is 0 Å². The number of nitrogens with one attached hydrogen (secondary N) is 1. The van der Waals surface area contributed by atoms with Crippen LogP contribution < -0.4 is 4.72 Å². The van der Waals surface area contributed by atoms with Gasteiger partial charge >= 0.3 is 0 Å². The Bertz CT molecular complexity index is 238. The van der Waals surface area contributed by atoms with Crippen LogP contribution in [0.5, 0.6) is 0 Å². The van der Waals surface area contributed by atoms with Crippen molar-refractivity contribution in [3.63, 3.8) is 0 Å². The van der Waals surface area contributed by atoms with E-state index in [1.165, 1.54) is 0 Å². The molecule has 0 saturated heterocycles. The predicted octanol–water partition coefficient (Wildman–Crippen LogP) is 0.337. The van der Waals surface area contributed by atoms with Gasteiger partial charge in [0.2, 0.25) is 10.0 Å². The number of rotatable bonds is 4. The monoisotopic (exact) mass is 175 g/mol. The molecule has 0 aromatic carbocycles. The maximum absolute atomic E-state index is 10.9. The third-order valence-corrected chi connectivity index (χ3v) is 2.72. The molecule has 0 saturated carbocycles. The molecule has 11 heavy (non-hydrogen) atoms. The summed E-state index contributed by atoms with van der Waals surface area (Å²) >= 11 is 0. The van der Waals surface area contributed by atoms with Crippen LogP contribution in [-0.2, 0) is 10.0 Å². The van der Waals surface area contributed by atoms with Crippen LogP contribution in [0.1, 0.15) is 20.3 Å². The Morgan fingerprint density at radius 1 is 1.55 bits per heavy atom. The first-order chi connectivity index (χ1) is 5.05. The Kier molecular flexibility index (Phi) is 4.16. The Balaban J connectivity index is 4.15. The van der Waals surface area contributed by atoms with Crippen molar-refractivity contribution in [1.29, 1.82) is 0 Å². The third kappa shape index (κ3) is 4.02. The molecule has 0 fully saturated rings. The van der Waals surface area contributed by atoms with Gasteiger partial charge in [-0.05, 0) is 13.3 Å². The van der Waals surface area contributed by atoms with E-state index in [1.807, 2.05) is 6.92 Å². The van der Waals surface area contributed by atoms with Crippen LogP contribution in [0.4, 0.5) is 0 Å². The van der Waals surface area contributed by atoms with Gasteiger partial charge in [0, 0.05) is 0 Å². The Morgan fingerprint density at radius 2 is 2.09 bits per heavy atom. The molecule has 1 N–H and O–H groups in total. The minimum atomic E-state index is -3.14. The summed E-state index contributed by atoms with van der Waals surface area (Å²) in [6.45, 7) is 3.41. The molecule has 0 bridgehead atoms. The summed E-state index contributed by atoms with van der Waals surface area (Å²) in [5.41, 5.74) is 0. The molecule has 0 aliphatic heterocycles. The lowest BCUT2D eigenvalue weighted by molar-refractivity contribution is 0.572. The first kappa shape index (κ1) is 10.5. The van der Waals surface area contributed by atoms with Crippen LogP contribution in [0.2, 0.25) is 0 Å². The molecular weight excluding hydrogens is 162 g/mol. The van der Waals surface area contributed by atoms with Crippen molar-refractivity contribution in [1.82, 2.24) is 4.72 Å². The van der Waals surface area contributed by atoms with Crippen molar-refractivity contribution >= 4 is 10.0 Å². The molecule has 0 amide bonds. The standard InChI is InChI=1S/C7H13NO2S/c1-4-7(5-2)8-11(9,10)6-3/h1,7-8H,5-6H2,2-3H3. The zero-order chi connectivity index (χ0) is 8.91. The van der Waals surface area contributed by atoms with Crippen molar-refractivity contribution in [2.24, 2.45) is 0 Å². The van der Waals surface area contributed by atoms with E-state index >= 15 is 0 Å². The van der Waals surface area contributed by atoms with Crippen LogP contribution >= 0.6 is 0 Å². The van der Waals surface area contributed by atoms with Gasteiger partial charge in [-0.1, -0.05) is 12.8 Å². The van der Waals surface area contributed by atoms with Crippen molar-refractivity contribution in [3.8, 4) is 12.3 Å². The van der Waals surface area contributed by atoms with Crippen molar-refractivity contribution in [3.05, 3.63) is 0 Å². The average Bonchev–Trinajstić information content (AvgIpc) is 2.00. The molecule has 3 nitrogen and oxygen atoms in total. The Hall–Kier alpha value is -0.530. The van der Waals surface area contributed by atoms with Crippen molar-refractivity contribution < 1.29 is 8.42 Å². The number of hydrogen-bond acceptors (Lipinski definition) is 2. The number of sulfonamides is 1. The molecule has 0 aliphatic carbocycles. The fourth-order valence-electron chi connectivity index (χ4n) is 0.535. The van der Waals surface area contributed by atoms with Crippen LogP contribution in [-0.4, -0.2) is 20.2 Å². The molecule has 0 aromatic heterocycles. The van der Waals surface area contributed by atoms with Crippen LogP contribution in [0.25, 0.3) is 0 Å². The zero-order valence-corrected chi connectivity index (χ0v) is 7.61. The first-order valence-electron chi connectivity index (χ1n) is 3.51. The largest absolute Gasteiger partial charge is 0.212 e. The highest BCUT2D eigenvalue weighted by Crippen LogP contribution is 1.92. The summed E-state index contributed by atoms with van der Waals surface area (Å²) in [5, 5.41) is 0. The second-order valence-electron chi connectivity index (χ2n) is 2.15. The highest BCUT2D eigenvalue weighted by Gasteiger charge is 2.10. The predicted molar refractivity (Wildman–Crippen MR) is 45.5 cm³/mol. The summed E-state index contributed by atoms with van der Waals surface area (Å²) in [5.74, 6) is 2.43. The fraction of sp³-hybridized carbons (Fsp3) is 0.714. The Labute approximate surface area is 68.2 Å². The normalized spacial score (nSPS) is 13.9. The smallest absolute Gasteiger partial charge is 0.212 e. The van der Waals surface area contributed by atoms with E-state index in [4.69, 9.17) is 6.42 Å². The van der Waals surface area contributed by atoms with Crippen molar-refractivity contribution in [2.45, 2.75) is 26.3 Å². The third-order valence-electron chi connectivity index (χ3n) is 1.31. The second-order valence-corrected chi connectivity index (χ2v) is 4.19. The molecule has 0 aromatic rings. The lowest BCUT2D eigenvalue weighted by Crippen LogP contribution is -2.34. The van der Waals surface area contributed by atoms with Gasteiger partial charge in [0.05, 0.1) is 11.8 Å². The summed E-state index contributed by atoms with van der Waals surface area (Å²) in [6, 6.07) is -0.361. The van der Waals surface area contributed by atoms with E-state index in [9.17, 15) is 8.42 Å². The molecule has 0 rings (SSSR count). The molecule has 0 radical (unpaired) electrons. The van der Waals surface area contributed by atoms with Crippen LogP contribution in [0, 0.1) is 12.3 Å². The molecule has 0 aliphatic rings. The maximum atomic E-state index is 10.9. The van der Waals surface area contributed by atoms with E-state index in [-0.39, 0.29) is 11.8 Å². The van der Waals surface area contributed by atoms with E-state index in [2.05, 4.69) is 10.6 Å². The van der Waals surface area contributed by atoms with Gasteiger partial charge in [0.15, 0.2) is 0 Å². The Morgan fingerprint density at radius 3 is 2.36 bits per heavy atom. The summed E-state index contributed by atoms with van der Waals surface area (Å²) in [7, 11) is -3.14. The van der Waals surface area contributed by atoms with Gasteiger partial charge in [-0.25, -0.2) is 13.1 Å². The van der Waals surface area contributed by atoms with E-state index in [0.717, 1.165) is 0 Å². The minimum Gasteiger partial charge on any atom is -0.212 e. The molecule has 0 heterocycles. The van der Waals surface area contributed by atoms with E-state index in [0.29, 0.717) is 6.42 Å². The van der Waals surface area contributed by atoms with Gasteiger partial charge in [0.25, 0.3) is 0 Å². The molecule has 4 heteroatoms. The summed E-state index contributed by atoms with van der Waals surface area (Å²) < 4.78 is 24.2.